The molecule has 3 rings (SSSR count). The van der Waals surface area contributed by atoms with Crippen LogP contribution in [-0.4, -0.2) is 134 Å². The monoisotopic (exact) mass is 1150 g/mol. The summed E-state index contributed by atoms with van der Waals surface area (Å²) < 4.78 is 62.5. The molecular formula is C47H74N7O18P3S. The van der Waals surface area contributed by atoms with Gasteiger partial charge in [-0.2, -0.15) is 4.31 Å². The Morgan fingerprint density at radius 2 is 1.43 bits per heavy atom. The van der Waals surface area contributed by atoms with Crippen LogP contribution in [0.5, 0.6) is 0 Å². The number of unbranched alkanes of at least 4 members (excludes halogenated alkanes) is 2. The Kier molecular flexibility index (Phi) is 29.7. The maximum atomic E-state index is 12.8. The smallest absolute Gasteiger partial charge is 0.393 e. The fourth-order valence-electron chi connectivity index (χ4n) is 6.93. The van der Waals surface area contributed by atoms with E-state index >= 15 is 0 Å². The van der Waals surface area contributed by atoms with Gasteiger partial charge in [-0.1, -0.05) is 112 Å². The van der Waals surface area contributed by atoms with Crippen molar-refractivity contribution in [3.05, 3.63) is 85.6 Å². The first kappa shape index (κ1) is 66.2. The van der Waals surface area contributed by atoms with E-state index in [1.54, 1.807) is 0 Å². The summed E-state index contributed by atoms with van der Waals surface area (Å²) in [4.78, 5) is 88.6. The second-order valence-electron chi connectivity index (χ2n) is 17.8. The van der Waals surface area contributed by atoms with Crippen molar-refractivity contribution in [1.82, 2.24) is 30.2 Å². The number of carbonyl (C=O) groups excluding carboxylic acids is 3. The minimum atomic E-state index is -5.60. The van der Waals surface area contributed by atoms with Crippen LogP contribution < -0.4 is 16.4 Å². The van der Waals surface area contributed by atoms with E-state index < -0.39 is 90.7 Å². The number of aromatic nitrogens is 4. The van der Waals surface area contributed by atoms with Crippen LogP contribution in [0.4, 0.5) is 5.82 Å². The number of phosphoric ester groups is 3. The Labute approximate surface area is 446 Å². The molecule has 0 spiro atoms. The number of nitrogens with zero attached hydrogens (tertiary/aromatic N) is 4. The molecule has 2 amide bonds. The number of carbonyl (C=O) groups is 3. The fourth-order valence-corrected chi connectivity index (χ4v) is 10.5. The van der Waals surface area contributed by atoms with Crippen molar-refractivity contribution >= 4 is 69.1 Å². The van der Waals surface area contributed by atoms with Gasteiger partial charge in [0.1, 0.15) is 36.3 Å². The predicted octanol–water partition coefficient (Wildman–Crippen LogP) is 5.67. The van der Waals surface area contributed by atoms with Gasteiger partial charge in [-0.25, -0.2) is 28.6 Å². The molecule has 0 bridgehead atoms. The second-order valence-corrected chi connectivity index (χ2v) is 23.2. The minimum absolute atomic E-state index is 0.0135. The molecule has 76 heavy (non-hydrogen) atoms. The molecule has 1 aliphatic rings. The number of nitrogens with two attached hydrogens (primary N) is 1. The molecular weight excluding hydrogens is 1080 g/mol. The number of thioether (sulfide) groups is 1. The molecule has 0 saturated carbocycles. The Morgan fingerprint density at radius 3 is 2.04 bits per heavy atom. The summed E-state index contributed by atoms with van der Waals surface area (Å²) in [5, 5.41) is 36.7. The lowest BCUT2D eigenvalue weighted by molar-refractivity contribution is -0.137. The van der Waals surface area contributed by atoms with Gasteiger partial charge in [-0.05, 0) is 57.8 Å². The molecule has 8 atom stereocenters. The van der Waals surface area contributed by atoms with E-state index in [-0.39, 0.29) is 53.8 Å². The molecule has 0 aromatic carbocycles. The van der Waals surface area contributed by atoms with Crippen molar-refractivity contribution in [2.45, 2.75) is 135 Å². The summed E-state index contributed by atoms with van der Waals surface area (Å²) in [6, 6.07) is 0. The zero-order chi connectivity index (χ0) is 56.2. The average molecular weight is 1150 g/mol. The van der Waals surface area contributed by atoms with Crippen molar-refractivity contribution < 1.29 is 85.6 Å². The zero-order valence-corrected chi connectivity index (χ0v) is 46.3. The molecule has 11 N–H and O–H groups in total. The molecule has 1 fully saturated rings. The molecule has 25 nitrogen and oxygen atoms in total. The van der Waals surface area contributed by atoms with E-state index in [0.29, 0.717) is 6.42 Å². The number of ether oxygens (including phenoxy) is 1. The quantitative estimate of drug-likeness (QED) is 0.0221. The van der Waals surface area contributed by atoms with Crippen LogP contribution in [0.3, 0.4) is 0 Å². The van der Waals surface area contributed by atoms with Crippen molar-refractivity contribution in [1.29, 1.82) is 0 Å². The third kappa shape index (κ3) is 26.1. The molecule has 2 aromatic heterocycles. The summed E-state index contributed by atoms with van der Waals surface area (Å²) >= 11 is 0.978. The first-order valence-electron chi connectivity index (χ1n) is 24.6. The molecule has 8 unspecified atom stereocenters. The van der Waals surface area contributed by atoms with Crippen LogP contribution in [0.1, 0.15) is 104 Å². The van der Waals surface area contributed by atoms with Crippen LogP contribution in [0, 0.1) is 5.41 Å². The number of fused-ring (bicyclic) bond motifs is 1. The maximum absolute atomic E-state index is 12.8. The van der Waals surface area contributed by atoms with E-state index in [4.69, 9.17) is 19.5 Å². The lowest BCUT2D eigenvalue weighted by Crippen LogP contribution is -2.46. The van der Waals surface area contributed by atoms with Crippen LogP contribution in [0.2, 0.25) is 0 Å². The van der Waals surface area contributed by atoms with Gasteiger partial charge < -0.3 is 56.0 Å². The summed E-state index contributed by atoms with van der Waals surface area (Å²) in [6.45, 7) is 2.48. The molecule has 1 aliphatic heterocycles. The summed E-state index contributed by atoms with van der Waals surface area (Å²) in [5.74, 6) is -1.27. The number of allylic oxidation sites excluding steroid dienone is 12. The molecule has 29 heteroatoms. The number of imidazole rings is 1. The molecule has 2 aromatic rings. The van der Waals surface area contributed by atoms with Gasteiger partial charge in [-0.3, -0.25) is 32.5 Å². The number of nitrogen functional groups attached to an aromatic ring is 1. The highest BCUT2D eigenvalue weighted by Gasteiger charge is 2.50. The third-order valence-corrected chi connectivity index (χ3v) is 14.9. The number of phosphoric acid groups is 3. The van der Waals surface area contributed by atoms with Gasteiger partial charge >= 0.3 is 23.5 Å². The first-order chi connectivity index (χ1) is 35.9. The van der Waals surface area contributed by atoms with E-state index in [0.717, 1.165) is 86.8 Å². The lowest BCUT2D eigenvalue weighted by atomic mass is 9.87. The molecule has 0 radical (unpaired) electrons. The SMILES string of the molecule is CCC=CCC=CCC=CCC=CCC=CCC=CCCCCC(O)CC(=O)SCCNC(=O)CCNC(=O)C(O)C(C)(C)COP(=O)(O)OP(=O)(O)OCC1OC(n2cnc3c(N)ncnc32)C(O)C1OP(=O)(O)O. The van der Waals surface area contributed by atoms with Crippen molar-refractivity contribution in [2.24, 2.45) is 5.41 Å². The van der Waals surface area contributed by atoms with Gasteiger partial charge in [0.05, 0.1) is 25.6 Å². The Morgan fingerprint density at radius 1 is 0.842 bits per heavy atom. The number of aliphatic hydroxyl groups excluding tert-OH is 3. The van der Waals surface area contributed by atoms with Crippen LogP contribution in [-0.2, 0) is 50.7 Å². The third-order valence-electron chi connectivity index (χ3n) is 10.9. The molecule has 3 heterocycles. The Hall–Kier alpha value is -4.04. The molecule has 426 valence electrons. The Bertz CT molecular complexity index is 2470. The Balaban J connectivity index is 1.26. The number of hydrogen-bond acceptors (Lipinski definition) is 19. The lowest BCUT2D eigenvalue weighted by Gasteiger charge is -2.30. The van der Waals surface area contributed by atoms with Gasteiger partial charge in [0.25, 0.3) is 0 Å². The first-order valence-corrected chi connectivity index (χ1v) is 30.1. The van der Waals surface area contributed by atoms with Gasteiger partial charge in [0.2, 0.25) is 11.8 Å². The zero-order valence-electron chi connectivity index (χ0n) is 42.8. The van der Waals surface area contributed by atoms with E-state index in [1.165, 1.54) is 13.8 Å². The highest BCUT2D eigenvalue weighted by molar-refractivity contribution is 8.13. The fraction of sp³-hybridized carbons (Fsp3) is 0.574. The van der Waals surface area contributed by atoms with E-state index in [9.17, 15) is 63.0 Å². The standard InChI is InChI=1S/C47H74N7O18P3S/c1-4-5-6-7-8-9-10-11-12-13-14-15-16-17-18-19-20-21-22-23-24-25-35(55)30-38(57)76-29-28-49-37(56)26-27-50-45(60)42(59)47(2,3)32-69-75(66,67)72-74(64,65)68-31-36-41(71-73(61,62)63)40(58)46(70-36)54-34-53-39-43(48)51-33-52-44(39)54/h5-6,8-9,11-12,14-15,17-18,20-21,33-36,40-42,46,55,58-59H,4,7,10,13,16,19,22-32H2,1-3H3,(H,49,56)(H,50,60)(H,64,65)(H,66,67)(H2,48,51,52)(H2,61,62,63). The van der Waals surface area contributed by atoms with Crippen LogP contribution >= 0.6 is 35.2 Å². The number of hydrogen-bond donors (Lipinski definition) is 10. The topological polar surface area (TPSA) is 384 Å². The number of amides is 2. The number of aliphatic hydroxyl groups is 3. The average Bonchev–Trinajstić information content (AvgIpc) is 3.91. The molecule has 0 aliphatic carbocycles. The minimum Gasteiger partial charge on any atom is -0.393 e. The van der Waals surface area contributed by atoms with E-state index in [2.05, 4.69) is 114 Å². The summed E-state index contributed by atoms with van der Waals surface area (Å²) in [7, 11) is -16.5. The van der Waals surface area contributed by atoms with Crippen LogP contribution in [0.25, 0.3) is 11.2 Å². The van der Waals surface area contributed by atoms with Gasteiger partial charge in [0.15, 0.2) is 22.8 Å². The summed E-state index contributed by atoms with van der Waals surface area (Å²) in [6.07, 6.45) is 26.8. The highest BCUT2D eigenvalue weighted by Crippen LogP contribution is 2.61. The van der Waals surface area contributed by atoms with E-state index in [1.807, 2.05) is 0 Å². The van der Waals surface area contributed by atoms with Crippen molar-refractivity contribution in [2.75, 3.05) is 37.8 Å². The predicted molar refractivity (Wildman–Crippen MR) is 284 cm³/mol. The molecule has 1 saturated heterocycles. The van der Waals surface area contributed by atoms with Crippen LogP contribution in [0.15, 0.2) is 85.6 Å². The number of nitrogens with one attached hydrogen (secondary N) is 2. The van der Waals surface area contributed by atoms with Gasteiger partial charge in [-0.15, -0.1) is 0 Å². The second kappa shape index (κ2) is 34.1. The largest absolute Gasteiger partial charge is 0.481 e. The normalized spacial score (nSPS) is 20.2. The van der Waals surface area contributed by atoms with Gasteiger partial charge in [0, 0.05) is 37.1 Å². The highest BCUT2D eigenvalue weighted by atomic mass is 32.2. The number of rotatable bonds is 37. The maximum Gasteiger partial charge on any atom is 0.481 e. The van der Waals surface area contributed by atoms with Crippen molar-refractivity contribution in [3.8, 4) is 0 Å². The summed E-state index contributed by atoms with van der Waals surface area (Å²) in [5.41, 5.74) is 4.24. The number of anilines is 1. The van der Waals surface area contributed by atoms with Crippen molar-refractivity contribution in [3.63, 3.8) is 0 Å².